The number of halogens is 1. The van der Waals surface area contributed by atoms with E-state index in [1.807, 2.05) is 29.7 Å². The minimum atomic E-state index is 0.704. The molecule has 2 rings (SSSR count). The van der Waals surface area contributed by atoms with Crippen LogP contribution in [0.1, 0.15) is 6.92 Å². The van der Waals surface area contributed by atoms with Gasteiger partial charge >= 0.3 is 0 Å². The van der Waals surface area contributed by atoms with Gasteiger partial charge in [0.05, 0.1) is 11.0 Å². The number of H-pyrrole nitrogens is 1. The second-order valence-electron chi connectivity index (χ2n) is 3.63. The molecule has 0 radical (unpaired) electrons. The molecule has 0 aliphatic heterocycles. The summed E-state index contributed by atoms with van der Waals surface area (Å²) in [6, 6.07) is 5.69. The monoisotopic (exact) mass is 238 g/mol. The van der Waals surface area contributed by atoms with Crippen LogP contribution in [0.15, 0.2) is 30.4 Å². The van der Waals surface area contributed by atoms with Crippen molar-refractivity contribution in [3.63, 3.8) is 0 Å². The molecule has 4 heteroatoms. The molecule has 0 saturated carbocycles. The van der Waals surface area contributed by atoms with Crippen molar-refractivity contribution in [1.29, 1.82) is 0 Å². The number of fused-ring (bicyclic) bond motifs is 1. The molecule has 0 unspecified atom stereocenters. The lowest BCUT2D eigenvalue weighted by Crippen LogP contribution is -1.97. The van der Waals surface area contributed by atoms with E-state index in [9.17, 15) is 0 Å². The predicted molar refractivity (Wildman–Crippen MR) is 66.9 cm³/mol. The van der Waals surface area contributed by atoms with E-state index in [0.29, 0.717) is 9.79 Å². The second-order valence-corrected chi connectivity index (χ2v) is 4.46. The van der Waals surface area contributed by atoms with Crippen LogP contribution in [0.5, 0.6) is 0 Å². The fourth-order valence-corrected chi connectivity index (χ4v) is 1.99. The summed E-state index contributed by atoms with van der Waals surface area (Å²) >= 11 is 11.2. The van der Waals surface area contributed by atoms with Crippen LogP contribution in [-0.4, -0.2) is 9.55 Å². The van der Waals surface area contributed by atoms with Gasteiger partial charge in [-0.1, -0.05) is 23.8 Å². The summed E-state index contributed by atoms with van der Waals surface area (Å²) in [4.78, 5) is 3.14. The van der Waals surface area contributed by atoms with E-state index >= 15 is 0 Å². The molecule has 0 fully saturated rings. The summed E-state index contributed by atoms with van der Waals surface area (Å²) in [5.41, 5.74) is 3.09. The molecular formula is C11H11ClN2S. The smallest absolute Gasteiger partial charge is 0.178 e. The number of aromatic amines is 1. The van der Waals surface area contributed by atoms with Gasteiger partial charge in [-0.25, -0.2) is 0 Å². The van der Waals surface area contributed by atoms with Crippen molar-refractivity contribution in [2.75, 3.05) is 0 Å². The average Bonchev–Trinajstić information content (AvgIpc) is 2.43. The van der Waals surface area contributed by atoms with Gasteiger partial charge in [0, 0.05) is 11.6 Å². The van der Waals surface area contributed by atoms with Gasteiger partial charge in [0.15, 0.2) is 4.77 Å². The Kier molecular flexibility index (Phi) is 2.67. The van der Waals surface area contributed by atoms with Crippen molar-refractivity contribution in [2.45, 2.75) is 13.5 Å². The Morgan fingerprint density at radius 2 is 2.33 bits per heavy atom. The van der Waals surface area contributed by atoms with Crippen molar-refractivity contribution < 1.29 is 0 Å². The number of allylic oxidation sites excluding steroid dienone is 1. The van der Waals surface area contributed by atoms with Crippen LogP contribution in [0, 0.1) is 4.77 Å². The van der Waals surface area contributed by atoms with Crippen molar-refractivity contribution in [3.05, 3.63) is 40.1 Å². The highest BCUT2D eigenvalue weighted by molar-refractivity contribution is 7.71. The molecule has 0 aliphatic carbocycles. The Balaban J connectivity index is 2.70. The summed E-state index contributed by atoms with van der Waals surface area (Å²) in [7, 11) is 0. The fourth-order valence-electron chi connectivity index (χ4n) is 1.55. The van der Waals surface area contributed by atoms with E-state index in [2.05, 4.69) is 11.6 Å². The molecular weight excluding hydrogens is 228 g/mol. The number of nitrogens with one attached hydrogen (secondary N) is 1. The highest BCUT2D eigenvalue weighted by atomic mass is 35.5. The first-order chi connectivity index (χ1) is 7.08. The third-order valence-corrected chi connectivity index (χ3v) is 2.72. The number of benzene rings is 1. The first kappa shape index (κ1) is 10.5. The third-order valence-electron chi connectivity index (χ3n) is 2.17. The van der Waals surface area contributed by atoms with E-state index in [1.165, 1.54) is 0 Å². The molecule has 1 aromatic carbocycles. The lowest BCUT2D eigenvalue weighted by atomic mass is 10.3. The normalized spacial score (nSPS) is 10.8. The number of imidazole rings is 1. The van der Waals surface area contributed by atoms with Crippen molar-refractivity contribution in [3.8, 4) is 0 Å². The Morgan fingerprint density at radius 1 is 1.60 bits per heavy atom. The van der Waals surface area contributed by atoms with Crippen molar-refractivity contribution >= 4 is 34.9 Å². The van der Waals surface area contributed by atoms with E-state index in [0.717, 1.165) is 23.2 Å². The lowest BCUT2D eigenvalue weighted by Gasteiger charge is -2.03. The van der Waals surface area contributed by atoms with Crippen LogP contribution in [0.4, 0.5) is 0 Å². The third kappa shape index (κ3) is 1.98. The molecule has 78 valence electrons. The molecule has 0 atom stereocenters. The minimum absolute atomic E-state index is 0.704. The van der Waals surface area contributed by atoms with E-state index < -0.39 is 0 Å². The molecule has 0 saturated heterocycles. The number of hydrogen-bond donors (Lipinski definition) is 1. The van der Waals surface area contributed by atoms with Gasteiger partial charge in [-0.05, 0) is 37.3 Å². The van der Waals surface area contributed by atoms with Gasteiger partial charge in [0.1, 0.15) is 0 Å². The number of nitrogens with zero attached hydrogens (tertiary/aromatic N) is 1. The predicted octanol–water partition coefficient (Wildman–Crippen LogP) is 3.93. The van der Waals surface area contributed by atoms with Gasteiger partial charge in [-0.15, -0.1) is 0 Å². The molecule has 1 N–H and O–H groups in total. The van der Waals surface area contributed by atoms with Crippen molar-refractivity contribution in [2.24, 2.45) is 0 Å². The first-order valence-electron chi connectivity index (χ1n) is 4.60. The molecule has 0 bridgehead atoms. The maximum Gasteiger partial charge on any atom is 0.178 e. The van der Waals surface area contributed by atoms with Gasteiger partial charge in [-0.3, -0.25) is 0 Å². The largest absolute Gasteiger partial charge is 0.331 e. The highest BCUT2D eigenvalue weighted by Crippen LogP contribution is 2.19. The summed E-state index contributed by atoms with van der Waals surface area (Å²) < 4.78 is 2.70. The van der Waals surface area contributed by atoms with Gasteiger partial charge in [0.25, 0.3) is 0 Å². The number of aromatic nitrogens is 2. The molecule has 2 nitrogen and oxygen atoms in total. The van der Waals surface area contributed by atoms with Crippen LogP contribution in [0.2, 0.25) is 5.02 Å². The fraction of sp³-hybridized carbons (Fsp3) is 0.182. The molecule has 1 heterocycles. The van der Waals surface area contributed by atoms with Gasteiger partial charge in [0.2, 0.25) is 0 Å². The van der Waals surface area contributed by atoms with Gasteiger partial charge < -0.3 is 9.55 Å². The highest BCUT2D eigenvalue weighted by Gasteiger charge is 2.04. The number of hydrogen-bond acceptors (Lipinski definition) is 1. The average molecular weight is 239 g/mol. The zero-order valence-corrected chi connectivity index (χ0v) is 9.95. The van der Waals surface area contributed by atoms with E-state index in [1.54, 1.807) is 0 Å². The summed E-state index contributed by atoms with van der Waals surface area (Å²) in [6.07, 6.45) is 0. The Bertz CT molecular complexity index is 580. The Labute approximate surface area is 98.2 Å². The van der Waals surface area contributed by atoms with Crippen molar-refractivity contribution in [1.82, 2.24) is 9.55 Å². The van der Waals surface area contributed by atoms with Crippen LogP contribution in [-0.2, 0) is 6.54 Å². The standard InChI is InChI=1S/C11H11ClN2S/c1-7(2)6-14-10-5-8(12)3-4-9(10)13-11(14)15/h3-5H,1,6H2,2H3,(H,13,15). The summed E-state index contributed by atoms with van der Waals surface area (Å²) in [6.45, 7) is 6.59. The second kappa shape index (κ2) is 3.83. The molecule has 15 heavy (non-hydrogen) atoms. The molecule has 0 spiro atoms. The van der Waals surface area contributed by atoms with Gasteiger partial charge in [-0.2, -0.15) is 0 Å². The topological polar surface area (TPSA) is 20.7 Å². The van der Waals surface area contributed by atoms with E-state index in [-0.39, 0.29) is 0 Å². The Morgan fingerprint density at radius 3 is 3.00 bits per heavy atom. The Hall–Kier alpha value is -1.06. The summed E-state index contributed by atoms with van der Waals surface area (Å²) in [5.74, 6) is 0. The maximum absolute atomic E-state index is 5.95. The number of rotatable bonds is 2. The zero-order valence-electron chi connectivity index (χ0n) is 8.38. The van der Waals surface area contributed by atoms with Crippen LogP contribution < -0.4 is 0 Å². The summed E-state index contributed by atoms with van der Waals surface area (Å²) in [5, 5.41) is 0.715. The quantitative estimate of drug-likeness (QED) is 0.621. The van der Waals surface area contributed by atoms with Crippen LogP contribution in [0.25, 0.3) is 11.0 Å². The zero-order chi connectivity index (χ0) is 11.0. The first-order valence-corrected chi connectivity index (χ1v) is 5.39. The maximum atomic E-state index is 5.95. The van der Waals surface area contributed by atoms with E-state index in [4.69, 9.17) is 23.8 Å². The lowest BCUT2D eigenvalue weighted by molar-refractivity contribution is 0.798. The molecule has 0 amide bonds. The van der Waals surface area contributed by atoms with Crippen LogP contribution >= 0.6 is 23.8 Å². The SMILES string of the molecule is C=C(C)Cn1c(=S)[nH]c2ccc(Cl)cc21. The minimum Gasteiger partial charge on any atom is -0.331 e. The molecule has 0 aliphatic rings. The van der Waals surface area contributed by atoms with Crippen LogP contribution in [0.3, 0.4) is 0 Å². The molecule has 2 aromatic rings. The molecule has 1 aromatic heterocycles.